The van der Waals surface area contributed by atoms with Crippen LogP contribution < -0.4 is 5.48 Å². The predicted octanol–water partition coefficient (Wildman–Crippen LogP) is 0.876. The molecule has 1 aromatic rings. The summed E-state index contributed by atoms with van der Waals surface area (Å²) in [5.74, 6) is -2.60. The van der Waals surface area contributed by atoms with Gasteiger partial charge in [0.1, 0.15) is 10.7 Å². The number of carbonyl (C=O) groups is 3. The summed E-state index contributed by atoms with van der Waals surface area (Å²) in [7, 11) is 0. The molecular weight excluding hydrogens is 344 g/mol. The number of carboxylic acid groups (broad SMARTS) is 1. The SMILES string of the molecule is O=C(O)[C@H]([C@@H]1C=C(Br)NO1)N1C(=O)c2ccccc2C1=O. The van der Waals surface area contributed by atoms with E-state index < -0.39 is 29.9 Å². The number of hydroxylamine groups is 1. The minimum atomic E-state index is -1.44. The molecule has 0 unspecified atom stereocenters. The van der Waals surface area contributed by atoms with E-state index in [9.17, 15) is 19.5 Å². The highest BCUT2D eigenvalue weighted by atomic mass is 79.9. The van der Waals surface area contributed by atoms with Crippen LogP contribution in [0.25, 0.3) is 0 Å². The number of halogens is 1. The van der Waals surface area contributed by atoms with Gasteiger partial charge in [-0.05, 0) is 34.1 Å². The molecule has 7 nitrogen and oxygen atoms in total. The van der Waals surface area contributed by atoms with Crippen LogP contribution in [0.4, 0.5) is 0 Å². The zero-order valence-electron chi connectivity index (χ0n) is 10.4. The molecule has 0 saturated heterocycles. The van der Waals surface area contributed by atoms with Crippen molar-refractivity contribution >= 4 is 33.7 Å². The number of imide groups is 1. The second kappa shape index (κ2) is 4.97. The van der Waals surface area contributed by atoms with Gasteiger partial charge in [-0.15, -0.1) is 0 Å². The van der Waals surface area contributed by atoms with Gasteiger partial charge in [0.2, 0.25) is 0 Å². The zero-order chi connectivity index (χ0) is 15.1. The Kier molecular flexibility index (Phi) is 3.26. The second-order valence-corrected chi connectivity index (χ2v) is 5.36. The molecule has 2 atom stereocenters. The third-order valence-corrected chi connectivity index (χ3v) is 3.70. The minimum absolute atomic E-state index is 0.197. The fourth-order valence-corrected chi connectivity index (χ4v) is 2.70. The summed E-state index contributed by atoms with van der Waals surface area (Å²) in [5, 5.41) is 9.40. The summed E-state index contributed by atoms with van der Waals surface area (Å²) in [6, 6.07) is 4.78. The fourth-order valence-electron chi connectivity index (χ4n) is 2.35. The molecule has 0 aromatic heterocycles. The van der Waals surface area contributed by atoms with Gasteiger partial charge in [0.25, 0.3) is 11.8 Å². The molecule has 0 bridgehead atoms. The summed E-state index contributed by atoms with van der Waals surface area (Å²) >= 11 is 3.11. The van der Waals surface area contributed by atoms with Gasteiger partial charge in [-0.25, -0.2) is 4.79 Å². The fraction of sp³-hybridized carbons (Fsp3) is 0.154. The number of fused-ring (bicyclic) bond motifs is 1. The summed E-state index contributed by atoms with van der Waals surface area (Å²) in [4.78, 5) is 42.0. The number of carbonyl (C=O) groups excluding carboxylic acids is 2. The molecule has 0 fully saturated rings. The predicted molar refractivity (Wildman–Crippen MR) is 73.4 cm³/mol. The number of rotatable bonds is 3. The molecule has 108 valence electrons. The molecule has 8 heteroatoms. The lowest BCUT2D eigenvalue weighted by atomic mass is 10.1. The molecule has 2 N–H and O–H groups in total. The first-order chi connectivity index (χ1) is 10.0. The number of carboxylic acids is 1. The summed E-state index contributed by atoms with van der Waals surface area (Å²) in [6.45, 7) is 0. The van der Waals surface area contributed by atoms with E-state index in [-0.39, 0.29) is 11.1 Å². The van der Waals surface area contributed by atoms with E-state index in [4.69, 9.17) is 4.84 Å². The van der Waals surface area contributed by atoms with Crippen LogP contribution in [0.5, 0.6) is 0 Å². The average Bonchev–Trinajstić information content (AvgIpc) is 2.97. The van der Waals surface area contributed by atoms with Gasteiger partial charge in [-0.2, -0.15) is 0 Å². The Morgan fingerprint density at radius 2 is 1.86 bits per heavy atom. The topological polar surface area (TPSA) is 95.9 Å². The van der Waals surface area contributed by atoms with Crippen molar-refractivity contribution < 1.29 is 24.3 Å². The van der Waals surface area contributed by atoms with E-state index in [2.05, 4.69) is 21.4 Å². The summed E-state index contributed by atoms with van der Waals surface area (Å²) in [6.07, 6.45) is 0.474. The van der Waals surface area contributed by atoms with Crippen LogP contribution in [0, 0.1) is 0 Å². The molecule has 1 aromatic carbocycles. The number of aliphatic carboxylic acids is 1. The quantitative estimate of drug-likeness (QED) is 0.619. The Labute approximate surface area is 127 Å². The molecule has 0 spiro atoms. The van der Waals surface area contributed by atoms with E-state index in [0.29, 0.717) is 4.61 Å². The molecule has 0 saturated carbocycles. The molecule has 2 heterocycles. The first-order valence-corrected chi connectivity index (χ1v) is 6.78. The lowest BCUT2D eigenvalue weighted by Gasteiger charge is -2.25. The molecule has 3 rings (SSSR count). The molecule has 0 aliphatic carbocycles. The normalized spacial score (nSPS) is 21.9. The molecule has 2 amide bonds. The van der Waals surface area contributed by atoms with Gasteiger partial charge in [0.15, 0.2) is 6.04 Å². The van der Waals surface area contributed by atoms with Crippen molar-refractivity contribution in [2.45, 2.75) is 12.1 Å². The van der Waals surface area contributed by atoms with E-state index >= 15 is 0 Å². The maximum absolute atomic E-state index is 12.3. The molecule has 2 aliphatic heterocycles. The standard InChI is InChI=1S/C13H9BrN2O5/c14-9-5-8(21-15-9)10(13(19)20)16-11(17)6-3-1-2-4-7(6)12(16)18/h1-5,8,10,15H,(H,19,20)/t8-,10-/m0/s1. The Morgan fingerprint density at radius 3 is 2.29 bits per heavy atom. The molecule has 21 heavy (non-hydrogen) atoms. The lowest BCUT2D eigenvalue weighted by Crippen LogP contribution is -2.51. The van der Waals surface area contributed by atoms with Gasteiger partial charge in [-0.1, -0.05) is 12.1 Å². The van der Waals surface area contributed by atoms with Crippen molar-refractivity contribution in [3.05, 3.63) is 46.1 Å². The van der Waals surface area contributed by atoms with Crippen molar-refractivity contribution in [2.75, 3.05) is 0 Å². The van der Waals surface area contributed by atoms with Crippen LogP contribution in [0.15, 0.2) is 34.9 Å². The number of benzene rings is 1. The minimum Gasteiger partial charge on any atom is -0.480 e. The third-order valence-electron chi connectivity index (χ3n) is 3.27. The van der Waals surface area contributed by atoms with E-state index in [1.807, 2.05) is 0 Å². The van der Waals surface area contributed by atoms with Gasteiger partial charge in [0.05, 0.1) is 11.1 Å². The van der Waals surface area contributed by atoms with Gasteiger partial charge in [-0.3, -0.25) is 24.8 Å². The highest BCUT2D eigenvalue weighted by molar-refractivity contribution is 9.11. The molecule has 0 radical (unpaired) electrons. The largest absolute Gasteiger partial charge is 0.480 e. The van der Waals surface area contributed by atoms with Crippen LogP contribution in [0.1, 0.15) is 20.7 Å². The van der Waals surface area contributed by atoms with E-state index in [1.54, 1.807) is 12.1 Å². The van der Waals surface area contributed by atoms with Gasteiger partial charge >= 0.3 is 5.97 Å². The highest BCUT2D eigenvalue weighted by Gasteiger charge is 2.47. The Balaban J connectivity index is 2.01. The van der Waals surface area contributed by atoms with Gasteiger partial charge in [0, 0.05) is 0 Å². The average molecular weight is 353 g/mol. The maximum Gasteiger partial charge on any atom is 0.330 e. The first kappa shape index (κ1) is 13.8. The monoisotopic (exact) mass is 352 g/mol. The number of nitrogens with one attached hydrogen (secondary N) is 1. The number of amides is 2. The number of nitrogens with zero attached hydrogens (tertiary/aromatic N) is 1. The van der Waals surface area contributed by atoms with Crippen molar-refractivity contribution in [1.29, 1.82) is 0 Å². The number of hydrogen-bond donors (Lipinski definition) is 2. The third kappa shape index (κ3) is 2.12. The van der Waals surface area contributed by atoms with Gasteiger partial charge < -0.3 is 5.11 Å². The molecule has 2 aliphatic rings. The lowest BCUT2D eigenvalue weighted by molar-refractivity contribution is -0.146. The highest BCUT2D eigenvalue weighted by Crippen LogP contribution is 2.28. The maximum atomic E-state index is 12.3. The number of hydrogen-bond acceptors (Lipinski definition) is 5. The smallest absolute Gasteiger partial charge is 0.330 e. The van der Waals surface area contributed by atoms with Crippen molar-refractivity contribution in [2.24, 2.45) is 0 Å². The first-order valence-electron chi connectivity index (χ1n) is 5.99. The Bertz CT molecular complexity index is 652. The Hall–Kier alpha value is -2.19. The summed E-state index contributed by atoms with van der Waals surface area (Å²) < 4.78 is 0.440. The Morgan fingerprint density at radius 1 is 1.29 bits per heavy atom. The van der Waals surface area contributed by atoms with Crippen LogP contribution >= 0.6 is 15.9 Å². The van der Waals surface area contributed by atoms with Crippen molar-refractivity contribution in [3.63, 3.8) is 0 Å². The van der Waals surface area contributed by atoms with Crippen LogP contribution in [0.3, 0.4) is 0 Å². The zero-order valence-corrected chi connectivity index (χ0v) is 12.0. The second-order valence-electron chi connectivity index (χ2n) is 4.51. The van der Waals surface area contributed by atoms with E-state index in [0.717, 1.165) is 4.90 Å². The van der Waals surface area contributed by atoms with Crippen molar-refractivity contribution in [3.8, 4) is 0 Å². The van der Waals surface area contributed by atoms with Crippen LogP contribution in [-0.2, 0) is 9.63 Å². The van der Waals surface area contributed by atoms with E-state index in [1.165, 1.54) is 18.2 Å². The van der Waals surface area contributed by atoms with Crippen molar-refractivity contribution in [1.82, 2.24) is 10.4 Å². The summed E-state index contributed by atoms with van der Waals surface area (Å²) in [5.41, 5.74) is 2.84. The molecular formula is C13H9BrN2O5. The van der Waals surface area contributed by atoms with Crippen LogP contribution in [-0.4, -0.2) is 39.9 Å². The van der Waals surface area contributed by atoms with Crippen LogP contribution in [0.2, 0.25) is 0 Å².